The summed E-state index contributed by atoms with van der Waals surface area (Å²) in [5.74, 6) is 1.01. The van der Waals surface area contributed by atoms with Crippen molar-refractivity contribution in [3.05, 3.63) is 35.8 Å². The Balaban J connectivity index is 2.37. The topological polar surface area (TPSA) is 60.0 Å². The van der Waals surface area contributed by atoms with Crippen LogP contribution < -0.4 is 10.6 Å². The van der Waals surface area contributed by atoms with Crippen molar-refractivity contribution in [3.8, 4) is 0 Å². The zero-order valence-electron chi connectivity index (χ0n) is 12.7. The average molecular weight is 273 g/mol. The first kappa shape index (κ1) is 14.4. The van der Waals surface area contributed by atoms with E-state index in [-0.39, 0.29) is 6.04 Å². The van der Waals surface area contributed by atoms with Gasteiger partial charge in [0.2, 0.25) is 0 Å². The molecule has 5 heteroatoms. The average Bonchev–Trinajstić information content (AvgIpc) is 2.74. The van der Waals surface area contributed by atoms with Gasteiger partial charge in [-0.25, -0.2) is 4.68 Å². The first-order chi connectivity index (χ1) is 9.54. The summed E-state index contributed by atoms with van der Waals surface area (Å²) in [6, 6.07) is 4.34. The highest BCUT2D eigenvalue weighted by Crippen LogP contribution is 2.30. The van der Waals surface area contributed by atoms with Crippen molar-refractivity contribution in [2.45, 2.75) is 40.3 Å². The van der Waals surface area contributed by atoms with Crippen molar-refractivity contribution in [1.29, 1.82) is 0 Å². The predicted octanol–water partition coefficient (Wildman–Crippen LogP) is 2.78. The van der Waals surface area contributed by atoms with Gasteiger partial charge < -0.3 is 10.6 Å². The number of aryl methyl sites for hydroxylation is 1. The van der Waals surface area contributed by atoms with Crippen LogP contribution in [0.2, 0.25) is 0 Å². The fraction of sp³-hybridized carbons (Fsp3) is 0.467. The summed E-state index contributed by atoms with van der Waals surface area (Å²) >= 11 is 0. The van der Waals surface area contributed by atoms with Gasteiger partial charge in [-0.15, -0.1) is 0 Å². The molecule has 0 amide bonds. The number of anilines is 2. The Morgan fingerprint density at radius 2 is 1.95 bits per heavy atom. The number of hydrogen-bond acceptors (Lipinski definition) is 4. The number of nitrogen functional groups attached to an aromatic ring is 1. The lowest BCUT2D eigenvalue weighted by atomic mass is 10.2. The standard InChI is InChI=1S/C15H23N5/c1-5-19(10-13-6-8-17-9-7-13)15-14(16)12(4)18-20(15)11(2)3/h6-9,11H,5,10,16H2,1-4H3. The summed E-state index contributed by atoms with van der Waals surface area (Å²) in [6.07, 6.45) is 3.63. The molecule has 2 aromatic rings. The largest absolute Gasteiger partial charge is 0.394 e. The van der Waals surface area contributed by atoms with Gasteiger partial charge in [0.25, 0.3) is 0 Å². The van der Waals surface area contributed by atoms with Crippen LogP contribution in [0.4, 0.5) is 11.5 Å². The SMILES string of the molecule is CCN(Cc1ccncc1)c1c(N)c(C)nn1C(C)C. The second kappa shape index (κ2) is 5.94. The lowest BCUT2D eigenvalue weighted by Crippen LogP contribution is -2.26. The van der Waals surface area contributed by atoms with E-state index < -0.39 is 0 Å². The fourth-order valence-electron chi connectivity index (χ4n) is 2.27. The zero-order chi connectivity index (χ0) is 14.7. The Hall–Kier alpha value is -2.04. The maximum atomic E-state index is 6.23. The van der Waals surface area contributed by atoms with E-state index in [1.54, 1.807) is 0 Å². The third-order valence-corrected chi connectivity index (χ3v) is 3.40. The van der Waals surface area contributed by atoms with Crippen LogP contribution in [0.1, 0.15) is 38.1 Å². The van der Waals surface area contributed by atoms with Crippen LogP contribution in [0, 0.1) is 6.92 Å². The summed E-state index contributed by atoms with van der Waals surface area (Å²) in [7, 11) is 0. The van der Waals surface area contributed by atoms with Crippen LogP contribution in [0.25, 0.3) is 0 Å². The molecule has 0 saturated heterocycles. The summed E-state index contributed by atoms with van der Waals surface area (Å²) in [5, 5.41) is 4.56. The van der Waals surface area contributed by atoms with Gasteiger partial charge in [0, 0.05) is 31.5 Å². The van der Waals surface area contributed by atoms with E-state index in [2.05, 4.69) is 35.8 Å². The van der Waals surface area contributed by atoms with E-state index in [0.717, 1.165) is 30.3 Å². The van der Waals surface area contributed by atoms with Crippen molar-refractivity contribution in [3.63, 3.8) is 0 Å². The number of pyridine rings is 1. The molecule has 2 rings (SSSR count). The van der Waals surface area contributed by atoms with Crippen LogP contribution in [-0.2, 0) is 6.54 Å². The molecule has 0 aliphatic carbocycles. The van der Waals surface area contributed by atoms with Gasteiger partial charge in [0.1, 0.15) is 0 Å². The second-order valence-electron chi connectivity index (χ2n) is 5.23. The van der Waals surface area contributed by atoms with Gasteiger partial charge in [-0.05, 0) is 45.4 Å². The first-order valence-corrected chi connectivity index (χ1v) is 7.03. The minimum Gasteiger partial charge on any atom is -0.394 e. The van der Waals surface area contributed by atoms with Gasteiger partial charge in [0.15, 0.2) is 5.82 Å². The van der Waals surface area contributed by atoms with Gasteiger partial charge in [-0.3, -0.25) is 4.98 Å². The highest BCUT2D eigenvalue weighted by Gasteiger charge is 2.19. The van der Waals surface area contributed by atoms with Gasteiger partial charge >= 0.3 is 0 Å². The van der Waals surface area contributed by atoms with Crippen LogP contribution >= 0.6 is 0 Å². The van der Waals surface area contributed by atoms with Crippen molar-refractivity contribution in [2.24, 2.45) is 0 Å². The molecule has 0 aliphatic rings. The molecule has 5 nitrogen and oxygen atoms in total. The molecule has 0 aliphatic heterocycles. The fourth-order valence-corrected chi connectivity index (χ4v) is 2.27. The number of nitrogens with zero attached hydrogens (tertiary/aromatic N) is 4. The third kappa shape index (κ3) is 2.76. The van der Waals surface area contributed by atoms with E-state index in [9.17, 15) is 0 Å². The molecule has 2 heterocycles. The van der Waals surface area contributed by atoms with Crippen molar-refractivity contribution < 1.29 is 0 Å². The quantitative estimate of drug-likeness (QED) is 0.910. The summed E-state index contributed by atoms with van der Waals surface area (Å²) in [6.45, 7) is 10.0. The second-order valence-corrected chi connectivity index (χ2v) is 5.23. The monoisotopic (exact) mass is 273 g/mol. The maximum Gasteiger partial charge on any atom is 0.151 e. The summed E-state index contributed by atoms with van der Waals surface area (Å²) < 4.78 is 2.01. The van der Waals surface area contributed by atoms with Crippen molar-refractivity contribution >= 4 is 11.5 Å². The lowest BCUT2D eigenvalue weighted by molar-refractivity contribution is 0.522. The van der Waals surface area contributed by atoms with E-state index in [1.807, 2.05) is 36.1 Å². The lowest BCUT2D eigenvalue weighted by Gasteiger charge is -2.25. The van der Waals surface area contributed by atoms with Crippen LogP contribution in [0.5, 0.6) is 0 Å². The van der Waals surface area contributed by atoms with Crippen LogP contribution in [0.3, 0.4) is 0 Å². The third-order valence-electron chi connectivity index (χ3n) is 3.40. The molecule has 0 saturated carbocycles. The normalized spacial score (nSPS) is 11.1. The van der Waals surface area contributed by atoms with E-state index in [4.69, 9.17) is 5.73 Å². The maximum absolute atomic E-state index is 6.23. The molecule has 0 atom stereocenters. The predicted molar refractivity (Wildman–Crippen MR) is 82.7 cm³/mol. The molecule has 2 aromatic heterocycles. The molecule has 20 heavy (non-hydrogen) atoms. The van der Waals surface area contributed by atoms with Crippen LogP contribution in [-0.4, -0.2) is 21.3 Å². The van der Waals surface area contributed by atoms with Crippen molar-refractivity contribution in [2.75, 3.05) is 17.2 Å². The molecular formula is C15H23N5. The van der Waals surface area contributed by atoms with Gasteiger partial charge in [0.05, 0.1) is 11.4 Å². The molecule has 2 N–H and O–H groups in total. The molecule has 0 unspecified atom stereocenters. The summed E-state index contributed by atoms with van der Waals surface area (Å²) in [4.78, 5) is 6.31. The highest BCUT2D eigenvalue weighted by atomic mass is 15.4. The molecule has 0 bridgehead atoms. The van der Waals surface area contributed by atoms with Crippen molar-refractivity contribution in [1.82, 2.24) is 14.8 Å². The Labute approximate surface area is 120 Å². The highest BCUT2D eigenvalue weighted by molar-refractivity contribution is 5.66. The Morgan fingerprint density at radius 3 is 2.50 bits per heavy atom. The smallest absolute Gasteiger partial charge is 0.151 e. The minimum atomic E-state index is 0.285. The Kier molecular flexibility index (Phi) is 4.27. The van der Waals surface area contributed by atoms with Crippen LogP contribution in [0.15, 0.2) is 24.5 Å². The molecular weight excluding hydrogens is 250 g/mol. The first-order valence-electron chi connectivity index (χ1n) is 7.03. The summed E-state index contributed by atoms with van der Waals surface area (Å²) in [5.41, 5.74) is 9.12. The Morgan fingerprint density at radius 1 is 1.30 bits per heavy atom. The Bertz CT molecular complexity index is 559. The number of nitrogens with two attached hydrogens (primary N) is 1. The molecule has 0 fully saturated rings. The zero-order valence-corrected chi connectivity index (χ0v) is 12.7. The number of rotatable bonds is 5. The number of aromatic nitrogens is 3. The van der Waals surface area contributed by atoms with E-state index in [0.29, 0.717) is 0 Å². The number of hydrogen-bond donors (Lipinski definition) is 1. The van der Waals surface area contributed by atoms with E-state index >= 15 is 0 Å². The minimum absolute atomic E-state index is 0.285. The molecule has 108 valence electrons. The molecule has 0 spiro atoms. The van der Waals surface area contributed by atoms with Gasteiger partial charge in [-0.1, -0.05) is 0 Å². The molecule has 0 aromatic carbocycles. The van der Waals surface area contributed by atoms with Gasteiger partial charge in [-0.2, -0.15) is 5.10 Å². The molecule has 0 radical (unpaired) electrons. The van der Waals surface area contributed by atoms with E-state index in [1.165, 1.54) is 5.56 Å².